The quantitative estimate of drug-likeness (QED) is 0.520. The fraction of sp³-hybridized carbons (Fsp3) is 0.235. The molecule has 98 valence electrons. The first-order valence-corrected chi connectivity index (χ1v) is 6.38. The second-order valence-corrected chi connectivity index (χ2v) is 5.15. The lowest BCUT2D eigenvalue weighted by molar-refractivity contribution is -0.402. The zero-order valence-corrected chi connectivity index (χ0v) is 13.7. The average Bonchev–Trinajstić information content (AvgIpc) is 2.64. The molecule has 0 radical (unpaired) electrons. The number of fused-ring (bicyclic) bond motifs is 1. The molecule has 2 aromatic carbocycles. The SMILES string of the molecule is CC1=[N+](C)c2ccccc2C1(C)c1ccccc1.[I-]. The molecule has 0 saturated heterocycles. The van der Waals surface area contributed by atoms with Crippen molar-refractivity contribution < 1.29 is 28.6 Å². The van der Waals surface area contributed by atoms with Crippen LogP contribution in [0.15, 0.2) is 54.6 Å². The molecule has 1 heterocycles. The van der Waals surface area contributed by atoms with Gasteiger partial charge in [-0.05, 0) is 12.5 Å². The Kier molecular flexibility index (Phi) is 3.81. The summed E-state index contributed by atoms with van der Waals surface area (Å²) >= 11 is 0. The molecule has 1 aliphatic rings. The Hall–Kier alpha value is -1.16. The Balaban J connectivity index is 0.00000133. The standard InChI is InChI=1S/C17H18N.HI/c1-13-17(2,14-9-5-4-6-10-14)15-11-7-8-12-16(15)18(13)3;/h4-12H,1-3H3;1H/q+1;/p-1. The highest BCUT2D eigenvalue weighted by atomic mass is 127. The normalized spacial score (nSPS) is 21.0. The highest BCUT2D eigenvalue weighted by Crippen LogP contribution is 2.43. The molecule has 0 aromatic heterocycles. The van der Waals surface area contributed by atoms with Gasteiger partial charge in [0, 0.05) is 18.6 Å². The lowest BCUT2D eigenvalue weighted by Gasteiger charge is -2.22. The summed E-state index contributed by atoms with van der Waals surface area (Å²) < 4.78 is 2.31. The summed E-state index contributed by atoms with van der Waals surface area (Å²) in [5.74, 6) is 0. The van der Waals surface area contributed by atoms with Gasteiger partial charge in [0.1, 0.15) is 12.5 Å². The number of benzene rings is 2. The fourth-order valence-electron chi connectivity index (χ4n) is 3.04. The molecule has 1 atom stereocenters. The first-order valence-electron chi connectivity index (χ1n) is 6.38. The minimum atomic E-state index is -0.00734. The minimum Gasteiger partial charge on any atom is -1.00 e. The summed E-state index contributed by atoms with van der Waals surface area (Å²) in [5, 5.41) is 0. The Morgan fingerprint density at radius 3 is 2.16 bits per heavy atom. The summed E-state index contributed by atoms with van der Waals surface area (Å²) in [6.45, 7) is 4.55. The number of nitrogens with zero attached hydrogens (tertiary/aromatic N) is 1. The predicted molar refractivity (Wildman–Crippen MR) is 75.9 cm³/mol. The molecular weight excluding hydrogens is 345 g/mol. The van der Waals surface area contributed by atoms with Gasteiger partial charge in [-0.15, -0.1) is 0 Å². The van der Waals surface area contributed by atoms with E-state index < -0.39 is 0 Å². The number of halogens is 1. The maximum atomic E-state index is 2.32. The van der Waals surface area contributed by atoms with E-state index in [-0.39, 0.29) is 29.4 Å². The molecule has 19 heavy (non-hydrogen) atoms. The third kappa shape index (κ3) is 1.93. The van der Waals surface area contributed by atoms with Crippen molar-refractivity contribution in [3.63, 3.8) is 0 Å². The summed E-state index contributed by atoms with van der Waals surface area (Å²) in [4.78, 5) is 0. The van der Waals surface area contributed by atoms with Crippen LogP contribution in [0.3, 0.4) is 0 Å². The Labute approximate surface area is 132 Å². The molecule has 1 unspecified atom stereocenters. The van der Waals surface area contributed by atoms with Gasteiger partial charge in [-0.1, -0.05) is 48.5 Å². The predicted octanol–water partition coefficient (Wildman–Crippen LogP) is 0.745. The van der Waals surface area contributed by atoms with Crippen molar-refractivity contribution in [1.82, 2.24) is 0 Å². The van der Waals surface area contributed by atoms with Crippen molar-refractivity contribution in [1.29, 1.82) is 0 Å². The molecular formula is C17H18IN. The van der Waals surface area contributed by atoms with Gasteiger partial charge in [-0.3, -0.25) is 0 Å². The van der Waals surface area contributed by atoms with Crippen molar-refractivity contribution in [2.75, 3.05) is 7.05 Å². The highest BCUT2D eigenvalue weighted by molar-refractivity contribution is 5.97. The van der Waals surface area contributed by atoms with Crippen LogP contribution in [-0.2, 0) is 5.41 Å². The third-order valence-corrected chi connectivity index (χ3v) is 4.38. The van der Waals surface area contributed by atoms with Crippen LogP contribution in [0.5, 0.6) is 0 Å². The average molecular weight is 363 g/mol. The van der Waals surface area contributed by atoms with Crippen molar-refractivity contribution in [3.05, 3.63) is 65.7 Å². The molecule has 3 rings (SSSR count). The lowest BCUT2D eigenvalue weighted by atomic mass is 9.74. The van der Waals surface area contributed by atoms with Gasteiger partial charge >= 0.3 is 0 Å². The van der Waals surface area contributed by atoms with E-state index in [1.54, 1.807) is 0 Å². The zero-order valence-electron chi connectivity index (χ0n) is 11.5. The van der Waals surface area contributed by atoms with Gasteiger partial charge in [0.05, 0.1) is 0 Å². The van der Waals surface area contributed by atoms with E-state index in [1.165, 1.54) is 22.5 Å². The Morgan fingerprint density at radius 2 is 1.47 bits per heavy atom. The molecule has 0 saturated carbocycles. The smallest absolute Gasteiger partial charge is 0.209 e. The maximum Gasteiger partial charge on any atom is 0.209 e. The van der Waals surface area contributed by atoms with Gasteiger partial charge in [0.2, 0.25) is 5.69 Å². The van der Waals surface area contributed by atoms with E-state index >= 15 is 0 Å². The van der Waals surface area contributed by atoms with Crippen LogP contribution in [0.25, 0.3) is 0 Å². The van der Waals surface area contributed by atoms with E-state index in [0.29, 0.717) is 0 Å². The van der Waals surface area contributed by atoms with E-state index in [2.05, 4.69) is 80.1 Å². The van der Waals surface area contributed by atoms with Gasteiger partial charge in [0.25, 0.3) is 0 Å². The number of hydrogen-bond acceptors (Lipinski definition) is 0. The zero-order chi connectivity index (χ0) is 12.8. The molecule has 0 bridgehead atoms. The topological polar surface area (TPSA) is 3.01 Å². The molecule has 1 nitrogen and oxygen atoms in total. The first-order chi connectivity index (χ1) is 8.65. The van der Waals surface area contributed by atoms with Crippen LogP contribution >= 0.6 is 0 Å². The largest absolute Gasteiger partial charge is 1.00 e. The van der Waals surface area contributed by atoms with E-state index in [9.17, 15) is 0 Å². The van der Waals surface area contributed by atoms with Crippen molar-refractivity contribution >= 4 is 11.4 Å². The van der Waals surface area contributed by atoms with Crippen molar-refractivity contribution in [3.8, 4) is 0 Å². The van der Waals surface area contributed by atoms with E-state index in [4.69, 9.17) is 0 Å². The second kappa shape index (κ2) is 5.08. The minimum absolute atomic E-state index is 0. The van der Waals surface area contributed by atoms with Crippen LogP contribution < -0.4 is 24.0 Å². The first kappa shape index (κ1) is 14.3. The van der Waals surface area contributed by atoms with Crippen LogP contribution in [0.4, 0.5) is 5.69 Å². The Bertz CT molecular complexity index is 631. The van der Waals surface area contributed by atoms with E-state index in [1.807, 2.05) is 0 Å². The third-order valence-electron chi connectivity index (χ3n) is 4.38. The molecule has 1 aliphatic heterocycles. The monoisotopic (exact) mass is 363 g/mol. The van der Waals surface area contributed by atoms with Crippen LogP contribution in [0.2, 0.25) is 0 Å². The lowest BCUT2D eigenvalue weighted by Crippen LogP contribution is -3.00. The molecule has 0 N–H and O–H groups in total. The van der Waals surface area contributed by atoms with E-state index in [0.717, 1.165) is 0 Å². The van der Waals surface area contributed by atoms with Crippen molar-refractivity contribution in [2.45, 2.75) is 19.3 Å². The number of para-hydroxylation sites is 1. The van der Waals surface area contributed by atoms with Gasteiger partial charge in [-0.25, -0.2) is 4.58 Å². The molecule has 0 fully saturated rings. The molecule has 0 aliphatic carbocycles. The van der Waals surface area contributed by atoms with Crippen LogP contribution in [-0.4, -0.2) is 17.3 Å². The maximum absolute atomic E-state index is 2.32. The van der Waals surface area contributed by atoms with Crippen LogP contribution in [0, 0.1) is 0 Å². The molecule has 2 heteroatoms. The van der Waals surface area contributed by atoms with Gasteiger partial charge in [-0.2, -0.15) is 0 Å². The molecule has 0 spiro atoms. The van der Waals surface area contributed by atoms with Crippen molar-refractivity contribution in [2.24, 2.45) is 0 Å². The van der Waals surface area contributed by atoms with Gasteiger partial charge in [0.15, 0.2) is 5.71 Å². The highest BCUT2D eigenvalue weighted by Gasteiger charge is 2.46. The number of rotatable bonds is 1. The molecule has 2 aromatic rings. The Morgan fingerprint density at radius 1 is 0.895 bits per heavy atom. The summed E-state index contributed by atoms with van der Waals surface area (Å²) in [6.07, 6.45) is 0. The fourth-order valence-corrected chi connectivity index (χ4v) is 3.04. The second-order valence-electron chi connectivity index (χ2n) is 5.15. The number of hydrogen-bond donors (Lipinski definition) is 0. The summed E-state index contributed by atoms with van der Waals surface area (Å²) in [5.41, 5.74) is 5.46. The van der Waals surface area contributed by atoms with Gasteiger partial charge < -0.3 is 24.0 Å². The summed E-state index contributed by atoms with van der Waals surface area (Å²) in [6, 6.07) is 19.4. The summed E-state index contributed by atoms with van der Waals surface area (Å²) in [7, 11) is 2.16. The van der Waals surface area contributed by atoms with Crippen LogP contribution in [0.1, 0.15) is 25.0 Å². The molecule has 0 amide bonds.